The molecule has 0 radical (unpaired) electrons. The number of rotatable bonds is 3. The molecule has 1 saturated heterocycles. The van der Waals surface area contributed by atoms with Crippen molar-refractivity contribution in [3.05, 3.63) is 64.9 Å². The summed E-state index contributed by atoms with van der Waals surface area (Å²) in [6, 6.07) is 14.6. The average Bonchev–Trinajstić information content (AvgIpc) is 2.89. The number of anilines is 1. The van der Waals surface area contributed by atoms with Crippen LogP contribution in [0.3, 0.4) is 0 Å². The first kappa shape index (κ1) is 17.3. The van der Waals surface area contributed by atoms with Gasteiger partial charge in [-0.15, -0.1) is 0 Å². The largest absolute Gasteiger partial charge is 0.355 e. The Labute approximate surface area is 159 Å². The molecule has 1 aromatic heterocycles. The molecule has 134 valence electrons. The first-order valence-corrected chi connectivity index (χ1v) is 9.50. The van der Waals surface area contributed by atoms with Crippen LogP contribution in [-0.4, -0.2) is 41.0 Å². The summed E-state index contributed by atoms with van der Waals surface area (Å²) in [7, 11) is 0. The minimum Gasteiger partial charge on any atom is -0.355 e. The molecule has 3 aromatic rings. The van der Waals surface area contributed by atoms with E-state index < -0.39 is 0 Å². The molecule has 0 N–H and O–H groups in total. The highest BCUT2D eigenvalue weighted by molar-refractivity contribution is 6.30. The van der Waals surface area contributed by atoms with Gasteiger partial charge in [-0.2, -0.15) is 0 Å². The zero-order valence-corrected chi connectivity index (χ0v) is 15.8. The van der Waals surface area contributed by atoms with Gasteiger partial charge in [0.15, 0.2) is 0 Å². The van der Waals surface area contributed by atoms with Crippen LogP contribution in [0.25, 0.3) is 10.9 Å². The number of benzene rings is 2. The highest BCUT2D eigenvalue weighted by Gasteiger charge is 2.18. The molecule has 0 amide bonds. The second-order valence-electron chi connectivity index (χ2n) is 6.96. The van der Waals surface area contributed by atoms with Gasteiger partial charge in [-0.05, 0) is 43.2 Å². The van der Waals surface area contributed by atoms with Gasteiger partial charge in [-0.3, -0.25) is 4.90 Å². The number of hydrogen-bond acceptors (Lipinski definition) is 4. The lowest BCUT2D eigenvalue weighted by atomic mass is 10.1. The van der Waals surface area contributed by atoms with Crippen LogP contribution < -0.4 is 4.90 Å². The smallest absolute Gasteiger partial charge is 0.139 e. The van der Waals surface area contributed by atoms with Crippen molar-refractivity contribution in [3.63, 3.8) is 0 Å². The summed E-state index contributed by atoms with van der Waals surface area (Å²) in [4.78, 5) is 14.0. The summed E-state index contributed by atoms with van der Waals surface area (Å²) in [5.41, 5.74) is 3.57. The molecular weight excluding hydrogens is 344 g/mol. The normalized spacial score (nSPS) is 16.0. The molecule has 0 saturated carbocycles. The minimum atomic E-state index is 0.793. The van der Waals surface area contributed by atoms with Crippen molar-refractivity contribution >= 4 is 28.3 Å². The van der Waals surface area contributed by atoms with E-state index in [1.54, 1.807) is 6.33 Å². The lowest BCUT2D eigenvalue weighted by Gasteiger charge is -2.24. The number of aryl methyl sites for hydroxylation is 1. The fraction of sp³-hybridized carbons (Fsp3) is 0.333. The SMILES string of the molecule is Cc1ccc2ncnc(N3CCCN(Cc4ccc(Cl)cc4)CC3)c2c1. The molecule has 1 aliphatic rings. The first-order valence-electron chi connectivity index (χ1n) is 9.12. The Morgan fingerprint density at radius 3 is 2.65 bits per heavy atom. The van der Waals surface area contributed by atoms with Crippen LogP contribution in [0, 0.1) is 6.92 Å². The fourth-order valence-electron chi connectivity index (χ4n) is 3.60. The van der Waals surface area contributed by atoms with E-state index in [2.05, 4.69) is 57.0 Å². The standard InChI is InChI=1S/C21H23ClN4/c1-16-3-8-20-19(13-16)21(24-15-23-20)26-10-2-9-25(11-12-26)14-17-4-6-18(22)7-5-17/h3-8,13,15H,2,9-12,14H2,1H3. The minimum absolute atomic E-state index is 0.793. The Morgan fingerprint density at radius 2 is 1.81 bits per heavy atom. The number of nitrogens with zero attached hydrogens (tertiary/aromatic N) is 4. The third-order valence-electron chi connectivity index (χ3n) is 4.98. The number of fused-ring (bicyclic) bond motifs is 1. The van der Waals surface area contributed by atoms with Crippen molar-refractivity contribution in [2.45, 2.75) is 19.9 Å². The molecule has 4 rings (SSSR count). The molecule has 1 aliphatic heterocycles. The molecule has 0 spiro atoms. The van der Waals surface area contributed by atoms with Crippen LogP contribution >= 0.6 is 11.6 Å². The van der Waals surface area contributed by atoms with E-state index in [9.17, 15) is 0 Å². The maximum atomic E-state index is 5.99. The summed E-state index contributed by atoms with van der Waals surface area (Å²) in [5.74, 6) is 1.06. The predicted molar refractivity (Wildman–Crippen MR) is 108 cm³/mol. The topological polar surface area (TPSA) is 32.3 Å². The molecule has 0 bridgehead atoms. The summed E-state index contributed by atoms with van der Waals surface area (Å²) in [5, 5.41) is 1.94. The van der Waals surface area contributed by atoms with Crippen LogP contribution in [-0.2, 0) is 6.54 Å². The van der Waals surface area contributed by atoms with Gasteiger partial charge in [0.25, 0.3) is 0 Å². The molecule has 0 aliphatic carbocycles. The van der Waals surface area contributed by atoms with Gasteiger partial charge < -0.3 is 4.90 Å². The maximum Gasteiger partial charge on any atom is 0.139 e. The molecular formula is C21H23ClN4. The predicted octanol–water partition coefficient (Wildman–Crippen LogP) is 4.30. The molecule has 2 heterocycles. The van der Waals surface area contributed by atoms with E-state index in [0.29, 0.717) is 0 Å². The van der Waals surface area contributed by atoms with Crippen molar-refractivity contribution in [2.75, 3.05) is 31.1 Å². The van der Waals surface area contributed by atoms with Crippen molar-refractivity contribution in [1.82, 2.24) is 14.9 Å². The molecule has 26 heavy (non-hydrogen) atoms. The van der Waals surface area contributed by atoms with Gasteiger partial charge in [0, 0.05) is 43.1 Å². The Bertz CT molecular complexity index is 894. The fourth-order valence-corrected chi connectivity index (χ4v) is 3.72. The highest BCUT2D eigenvalue weighted by Crippen LogP contribution is 2.25. The Balaban J connectivity index is 1.50. The maximum absolute atomic E-state index is 5.99. The van der Waals surface area contributed by atoms with Crippen LogP contribution in [0.5, 0.6) is 0 Å². The summed E-state index contributed by atoms with van der Waals surface area (Å²) in [6.45, 7) is 7.22. The van der Waals surface area contributed by atoms with Gasteiger partial charge in [0.1, 0.15) is 12.1 Å². The molecule has 0 unspecified atom stereocenters. The van der Waals surface area contributed by atoms with Crippen molar-refractivity contribution in [2.24, 2.45) is 0 Å². The van der Waals surface area contributed by atoms with E-state index in [0.717, 1.165) is 60.9 Å². The lowest BCUT2D eigenvalue weighted by Crippen LogP contribution is -2.31. The summed E-state index contributed by atoms with van der Waals surface area (Å²) < 4.78 is 0. The van der Waals surface area contributed by atoms with Crippen LogP contribution in [0.1, 0.15) is 17.5 Å². The van der Waals surface area contributed by atoms with E-state index in [1.807, 2.05) is 12.1 Å². The zero-order chi connectivity index (χ0) is 17.9. The average molecular weight is 367 g/mol. The van der Waals surface area contributed by atoms with Gasteiger partial charge >= 0.3 is 0 Å². The second kappa shape index (κ2) is 7.60. The van der Waals surface area contributed by atoms with E-state index in [1.165, 1.54) is 11.1 Å². The molecule has 1 fully saturated rings. The number of aromatic nitrogens is 2. The van der Waals surface area contributed by atoms with Crippen molar-refractivity contribution < 1.29 is 0 Å². The number of halogens is 1. The van der Waals surface area contributed by atoms with Crippen molar-refractivity contribution in [3.8, 4) is 0 Å². The van der Waals surface area contributed by atoms with Gasteiger partial charge in [0.2, 0.25) is 0 Å². The third kappa shape index (κ3) is 3.81. The second-order valence-corrected chi connectivity index (χ2v) is 7.40. The van der Waals surface area contributed by atoms with E-state index >= 15 is 0 Å². The Kier molecular flexibility index (Phi) is 5.05. The molecule has 4 nitrogen and oxygen atoms in total. The molecule has 2 aromatic carbocycles. The Hall–Kier alpha value is -2.17. The van der Waals surface area contributed by atoms with Crippen LogP contribution in [0.2, 0.25) is 5.02 Å². The van der Waals surface area contributed by atoms with E-state index in [-0.39, 0.29) is 0 Å². The highest BCUT2D eigenvalue weighted by atomic mass is 35.5. The lowest BCUT2D eigenvalue weighted by molar-refractivity contribution is 0.285. The van der Waals surface area contributed by atoms with Gasteiger partial charge in [0.05, 0.1) is 5.52 Å². The van der Waals surface area contributed by atoms with Crippen LogP contribution in [0.4, 0.5) is 5.82 Å². The van der Waals surface area contributed by atoms with E-state index in [4.69, 9.17) is 11.6 Å². The zero-order valence-electron chi connectivity index (χ0n) is 15.0. The monoisotopic (exact) mass is 366 g/mol. The van der Waals surface area contributed by atoms with Crippen molar-refractivity contribution in [1.29, 1.82) is 0 Å². The quantitative estimate of drug-likeness (QED) is 0.691. The van der Waals surface area contributed by atoms with Gasteiger partial charge in [-0.25, -0.2) is 9.97 Å². The van der Waals surface area contributed by atoms with Crippen LogP contribution in [0.15, 0.2) is 48.8 Å². The summed E-state index contributed by atoms with van der Waals surface area (Å²) in [6.07, 6.45) is 2.81. The van der Waals surface area contributed by atoms with Gasteiger partial charge in [-0.1, -0.05) is 35.4 Å². The molecule has 5 heteroatoms. The number of hydrogen-bond donors (Lipinski definition) is 0. The third-order valence-corrected chi connectivity index (χ3v) is 5.23. The Morgan fingerprint density at radius 1 is 0.962 bits per heavy atom. The summed E-state index contributed by atoms with van der Waals surface area (Å²) >= 11 is 5.99. The first-order chi connectivity index (χ1) is 12.7. The molecule has 0 atom stereocenters.